The fraction of sp³-hybridized carbons (Fsp3) is 0.105. The first-order valence-electron chi connectivity index (χ1n) is 7.98. The van der Waals surface area contributed by atoms with E-state index in [4.69, 9.17) is 27.9 Å². The third-order valence-electron chi connectivity index (χ3n) is 3.87. The fourth-order valence-electron chi connectivity index (χ4n) is 2.33. The molecule has 2 aromatic carbocycles. The average molecular weight is 403 g/mol. The van der Waals surface area contributed by atoms with Crippen molar-refractivity contribution in [2.24, 2.45) is 5.10 Å². The SMILES string of the molecule is COc1ccc(/C(C)=N/NC(=O)c2cc(-c3ccc(Cl)c(Cl)c3)n[nH]2)cc1. The molecule has 1 aromatic heterocycles. The lowest BCUT2D eigenvalue weighted by molar-refractivity contribution is 0.0950. The third-order valence-corrected chi connectivity index (χ3v) is 4.61. The number of hydrogen-bond donors (Lipinski definition) is 2. The van der Waals surface area contributed by atoms with Gasteiger partial charge in [0, 0.05) is 5.56 Å². The maximum atomic E-state index is 12.3. The lowest BCUT2D eigenvalue weighted by Gasteiger charge is -2.03. The Kier molecular flexibility index (Phi) is 5.78. The smallest absolute Gasteiger partial charge is 0.289 e. The van der Waals surface area contributed by atoms with E-state index in [2.05, 4.69) is 20.7 Å². The van der Waals surface area contributed by atoms with Crippen LogP contribution in [0.4, 0.5) is 0 Å². The lowest BCUT2D eigenvalue weighted by Crippen LogP contribution is -2.19. The number of halogens is 2. The highest BCUT2D eigenvalue weighted by Gasteiger charge is 2.12. The first kappa shape index (κ1) is 18.9. The quantitative estimate of drug-likeness (QED) is 0.485. The maximum Gasteiger partial charge on any atom is 0.289 e. The van der Waals surface area contributed by atoms with Gasteiger partial charge in [-0.25, -0.2) is 5.43 Å². The number of aromatic nitrogens is 2. The number of carbonyl (C=O) groups excluding carboxylic acids is 1. The Bertz CT molecular complexity index is 997. The van der Waals surface area contributed by atoms with E-state index in [1.54, 1.807) is 38.3 Å². The molecule has 138 valence electrons. The minimum absolute atomic E-state index is 0.280. The van der Waals surface area contributed by atoms with Crippen LogP contribution in [0.2, 0.25) is 10.0 Å². The predicted octanol–water partition coefficient (Wildman–Crippen LogP) is 4.55. The second-order valence-electron chi connectivity index (χ2n) is 5.66. The van der Waals surface area contributed by atoms with Crippen LogP contribution < -0.4 is 10.2 Å². The topological polar surface area (TPSA) is 79.4 Å². The molecule has 0 aliphatic heterocycles. The summed E-state index contributed by atoms with van der Waals surface area (Å²) in [4.78, 5) is 12.3. The Labute approximate surface area is 166 Å². The highest BCUT2D eigenvalue weighted by atomic mass is 35.5. The molecule has 1 amide bonds. The highest BCUT2D eigenvalue weighted by molar-refractivity contribution is 6.42. The molecule has 0 radical (unpaired) electrons. The van der Waals surface area contributed by atoms with Crippen molar-refractivity contribution in [2.45, 2.75) is 6.92 Å². The van der Waals surface area contributed by atoms with Crippen molar-refractivity contribution in [1.82, 2.24) is 15.6 Å². The van der Waals surface area contributed by atoms with Crippen LogP contribution in [0, 0.1) is 0 Å². The van der Waals surface area contributed by atoms with Crippen LogP contribution in [0.15, 0.2) is 53.6 Å². The Hall–Kier alpha value is -2.83. The Balaban J connectivity index is 1.70. The number of ether oxygens (including phenoxy) is 1. The van der Waals surface area contributed by atoms with E-state index in [1.807, 2.05) is 24.3 Å². The largest absolute Gasteiger partial charge is 0.497 e. The molecule has 0 saturated carbocycles. The van der Waals surface area contributed by atoms with Gasteiger partial charge in [0.05, 0.1) is 28.6 Å². The first-order valence-corrected chi connectivity index (χ1v) is 8.73. The summed E-state index contributed by atoms with van der Waals surface area (Å²) in [6.45, 7) is 1.80. The van der Waals surface area contributed by atoms with Gasteiger partial charge in [-0.3, -0.25) is 9.89 Å². The van der Waals surface area contributed by atoms with Gasteiger partial charge in [0.1, 0.15) is 11.4 Å². The average Bonchev–Trinajstić information content (AvgIpc) is 3.18. The summed E-state index contributed by atoms with van der Waals surface area (Å²) in [6, 6.07) is 14.1. The van der Waals surface area contributed by atoms with E-state index in [0.717, 1.165) is 16.9 Å². The summed E-state index contributed by atoms with van der Waals surface area (Å²) in [5.41, 5.74) is 5.65. The molecule has 0 atom stereocenters. The number of methoxy groups -OCH3 is 1. The number of amides is 1. The lowest BCUT2D eigenvalue weighted by atomic mass is 10.1. The minimum Gasteiger partial charge on any atom is -0.497 e. The van der Waals surface area contributed by atoms with Crippen LogP contribution >= 0.6 is 23.2 Å². The van der Waals surface area contributed by atoms with E-state index in [0.29, 0.717) is 21.5 Å². The summed E-state index contributed by atoms with van der Waals surface area (Å²) in [5.74, 6) is 0.351. The summed E-state index contributed by atoms with van der Waals surface area (Å²) in [7, 11) is 1.60. The summed E-state index contributed by atoms with van der Waals surface area (Å²) in [5, 5.41) is 11.8. The van der Waals surface area contributed by atoms with Gasteiger partial charge in [0.15, 0.2) is 0 Å². The van der Waals surface area contributed by atoms with Gasteiger partial charge in [-0.15, -0.1) is 0 Å². The monoisotopic (exact) mass is 402 g/mol. The zero-order valence-electron chi connectivity index (χ0n) is 14.6. The van der Waals surface area contributed by atoms with Gasteiger partial charge < -0.3 is 4.74 Å². The van der Waals surface area contributed by atoms with Crippen molar-refractivity contribution in [3.05, 3.63) is 69.8 Å². The molecule has 0 aliphatic carbocycles. The number of aromatic amines is 1. The van der Waals surface area contributed by atoms with Crippen LogP contribution in [0.1, 0.15) is 23.0 Å². The zero-order valence-corrected chi connectivity index (χ0v) is 16.1. The Morgan fingerprint density at radius 2 is 1.85 bits per heavy atom. The number of hydrazone groups is 1. The number of H-pyrrole nitrogens is 1. The van der Waals surface area contributed by atoms with Crippen molar-refractivity contribution in [3.63, 3.8) is 0 Å². The van der Waals surface area contributed by atoms with Crippen molar-refractivity contribution in [2.75, 3.05) is 7.11 Å². The molecule has 8 heteroatoms. The van der Waals surface area contributed by atoms with Crippen molar-refractivity contribution in [1.29, 1.82) is 0 Å². The van der Waals surface area contributed by atoms with Crippen LogP contribution in [0.25, 0.3) is 11.3 Å². The fourth-order valence-corrected chi connectivity index (χ4v) is 2.63. The minimum atomic E-state index is -0.401. The molecule has 6 nitrogen and oxygen atoms in total. The summed E-state index contributed by atoms with van der Waals surface area (Å²) >= 11 is 11.9. The molecule has 0 spiro atoms. The highest BCUT2D eigenvalue weighted by Crippen LogP contribution is 2.27. The van der Waals surface area contributed by atoms with Gasteiger partial charge in [0.25, 0.3) is 5.91 Å². The van der Waals surface area contributed by atoms with Crippen molar-refractivity contribution >= 4 is 34.8 Å². The molecule has 0 bridgehead atoms. The van der Waals surface area contributed by atoms with Crippen LogP contribution in [0.5, 0.6) is 5.75 Å². The second kappa shape index (κ2) is 8.24. The molecular weight excluding hydrogens is 387 g/mol. The van der Waals surface area contributed by atoms with E-state index < -0.39 is 5.91 Å². The molecule has 0 fully saturated rings. The molecule has 3 aromatic rings. The molecule has 2 N–H and O–H groups in total. The number of rotatable bonds is 5. The number of carbonyl (C=O) groups is 1. The molecular formula is C19H16Cl2N4O2. The predicted molar refractivity (Wildman–Crippen MR) is 107 cm³/mol. The normalized spacial score (nSPS) is 11.3. The van der Waals surface area contributed by atoms with Crippen molar-refractivity contribution in [3.8, 4) is 17.0 Å². The molecule has 3 rings (SSSR count). The molecule has 0 unspecified atom stereocenters. The van der Waals surface area contributed by atoms with E-state index >= 15 is 0 Å². The van der Waals surface area contributed by atoms with Crippen LogP contribution in [-0.4, -0.2) is 28.9 Å². The molecule has 27 heavy (non-hydrogen) atoms. The number of benzene rings is 2. The van der Waals surface area contributed by atoms with Gasteiger partial charge in [-0.2, -0.15) is 10.2 Å². The maximum absolute atomic E-state index is 12.3. The first-order chi connectivity index (χ1) is 13.0. The number of nitrogens with one attached hydrogen (secondary N) is 2. The zero-order chi connectivity index (χ0) is 19.4. The third kappa shape index (κ3) is 4.48. The molecule has 0 saturated heterocycles. The summed E-state index contributed by atoms with van der Waals surface area (Å²) < 4.78 is 5.12. The van der Waals surface area contributed by atoms with Gasteiger partial charge in [-0.05, 0) is 55.0 Å². The number of hydrogen-bond acceptors (Lipinski definition) is 4. The molecule has 0 aliphatic rings. The van der Waals surface area contributed by atoms with Gasteiger partial charge in [0.2, 0.25) is 0 Å². The Morgan fingerprint density at radius 3 is 2.52 bits per heavy atom. The standard InChI is InChI=1S/C19H16Cl2N4O2/c1-11(12-3-6-14(27-2)7-4-12)22-25-19(26)18-10-17(23-24-18)13-5-8-15(20)16(21)9-13/h3-10H,1-2H3,(H,23,24)(H,25,26)/b22-11+. The molecule has 1 heterocycles. The van der Waals surface area contributed by atoms with E-state index in [1.165, 1.54) is 0 Å². The van der Waals surface area contributed by atoms with E-state index in [-0.39, 0.29) is 5.69 Å². The van der Waals surface area contributed by atoms with Crippen molar-refractivity contribution < 1.29 is 9.53 Å². The number of nitrogens with zero attached hydrogens (tertiary/aromatic N) is 2. The van der Waals surface area contributed by atoms with Gasteiger partial charge >= 0.3 is 0 Å². The van der Waals surface area contributed by atoms with Crippen LogP contribution in [0.3, 0.4) is 0 Å². The van der Waals surface area contributed by atoms with Gasteiger partial charge in [-0.1, -0.05) is 29.3 Å². The second-order valence-corrected chi connectivity index (χ2v) is 6.48. The Morgan fingerprint density at radius 1 is 1.11 bits per heavy atom. The van der Waals surface area contributed by atoms with E-state index in [9.17, 15) is 4.79 Å². The van der Waals surface area contributed by atoms with Crippen LogP contribution in [-0.2, 0) is 0 Å². The summed E-state index contributed by atoms with van der Waals surface area (Å²) in [6.07, 6.45) is 0.